The first-order valence-corrected chi connectivity index (χ1v) is 3.26. The van der Waals surface area contributed by atoms with Gasteiger partial charge in [-0.1, -0.05) is 24.0 Å². The van der Waals surface area contributed by atoms with Gasteiger partial charge in [0, 0.05) is 0 Å². The van der Waals surface area contributed by atoms with Gasteiger partial charge >= 0.3 is 0 Å². The van der Waals surface area contributed by atoms with E-state index in [-0.39, 0.29) is 5.50 Å². The molecule has 1 rings (SSSR count). The van der Waals surface area contributed by atoms with Gasteiger partial charge < -0.3 is 5.73 Å². The summed E-state index contributed by atoms with van der Waals surface area (Å²) in [6.45, 7) is 0. The minimum atomic E-state index is -0.234. The molecule has 0 radical (unpaired) electrons. The molecule has 0 aromatic carbocycles. The maximum atomic E-state index is 5.38. The van der Waals surface area contributed by atoms with E-state index in [4.69, 9.17) is 23.8 Å². The molecular weight excluding hydrogens is 144 g/mol. The van der Waals surface area contributed by atoms with Crippen LogP contribution in [0.2, 0.25) is 0 Å². The van der Waals surface area contributed by atoms with Gasteiger partial charge in [0.2, 0.25) is 0 Å². The monoisotopic (exact) mass is 150 g/mol. The minimum Gasteiger partial charge on any atom is -0.304 e. The standard InChI is InChI=1S/C2H6N4S2/c3-1-6(4)5-2(7)8-1/h1H,3-4H2,(H,5,7). The highest BCUT2D eigenvalue weighted by Gasteiger charge is 2.21. The quantitative estimate of drug-likeness (QED) is 0.302. The van der Waals surface area contributed by atoms with Crippen LogP contribution in [-0.4, -0.2) is 14.9 Å². The number of thiocarbonyl (C=S) groups is 1. The van der Waals surface area contributed by atoms with E-state index in [1.54, 1.807) is 0 Å². The molecule has 1 aliphatic rings. The van der Waals surface area contributed by atoms with Crippen molar-refractivity contribution >= 4 is 28.3 Å². The fourth-order valence-corrected chi connectivity index (χ4v) is 1.31. The van der Waals surface area contributed by atoms with Crippen LogP contribution < -0.4 is 17.0 Å². The number of nitrogens with zero attached hydrogens (tertiary/aromatic N) is 1. The molecule has 46 valence electrons. The molecule has 0 amide bonds. The van der Waals surface area contributed by atoms with Gasteiger partial charge in [0.05, 0.1) is 0 Å². The van der Waals surface area contributed by atoms with Crippen LogP contribution in [0.1, 0.15) is 0 Å². The van der Waals surface area contributed by atoms with E-state index in [0.29, 0.717) is 4.32 Å². The molecule has 5 N–H and O–H groups in total. The zero-order valence-corrected chi connectivity index (χ0v) is 5.63. The Balaban J connectivity index is 2.51. The summed E-state index contributed by atoms with van der Waals surface area (Å²) in [6, 6.07) is 0. The van der Waals surface area contributed by atoms with E-state index in [1.807, 2.05) is 0 Å². The molecule has 6 heteroatoms. The molecule has 0 spiro atoms. The number of hydrazine groups is 2. The van der Waals surface area contributed by atoms with Crippen LogP contribution in [0, 0.1) is 0 Å². The van der Waals surface area contributed by atoms with Gasteiger partial charge in [-0.15, -0.1) is 5.12 Å². The van der Waals surface area contributed by atoms with Crippen molar-refractivity contribution in [3.05, 3.63) is 0 Å². The summed E-state index contributed by atoms with van der Waals surface area (Å²) in [5.74, 6) is 5.26. The largest absolute Gasteiger partial charge is 0.304 e. The molecule has 1 fully saturated rings. The summed E-state index contributed by atoms with van der Waals surface area (Å²) in [5.41, 5.74) is 7.80. The lowest BCUT2D eigenvalue weighted by Gasteiger charge is -2.09. The smallest absolute Gasteiger partial charge is 0.152 e. The molecular formula is C2H6N4S2. The predicted molar refractivity (Wildman–Crippen MR) is 37.3 cm³/mol. The lowest BCUT2D eigenvalue weighted by molar-refractivity contribution is 0.241. The van der Waals surface area contributed by atoms with E-state index in [9.17, 15) is 0 Å². The Morgan fingerprint density at radius 3 is 2.62 bits per heavy atom. The molecule has 8 heavy (non-hydrogen) atoms. The van der Waals surface area contributed by atoms with Crippen LogP contribution in [0.25, 0.3) is 0 Å². The van der Waals surface area contributed by atoms with Gasteiger partial charge in [0.25, 0.3) is 0 Å². The third-order valence-electron chi connectivity index (χ3n) is 0.722. The molecule has 4 nitrogen and oxygen atoms in total. The maximum Gasteiger partial charge on any atom is 0.152 e. The van der Waals surface area contributed by atoms with Gasteiger partial charge in [-0.3, -0.25) is 5.43 Å². The van der Waals surface area contributed by atoms with Crippen molar-refractivity contribution in [1.82, 2.24) is 10.5 Å². The Bertz CT molecular complexity index is 103. The Labute approximate surface area is 56.5 Å². The topological polar surface area (TPSA) is 67.3 Å². The molecule has 0 saturated carbocycles. The van der Waals surface area contributed by atoms with E-state index in [0.717, 1.165) is 0 Å². The zero-order valence-electron chi connectivity index (χ0n) is 4.00. The average molecular weight is 150 g/mol. The molecule has 1 aliphatic heterocycles. The lowest BCUT2D eigenvalue weighted by Crippen LogP contribution is -2.47. The van der Waals surface area contributed by atoms with Crippen LogP contribution in [0.5, 0.6) is 0 Å². The van der Waals surface area contributed by atoms with Gasteiger partial charge in [-0.05, 0) is 0 Å². The van der Waals surface area contributed by atoms with Gasteiger partial charge in [-0.25, -0.2) is 5.84 Å². The van der Waals surface area contributed by atoms with Crippen LogP contribution in [0.3, 0.4) is 0 Å². The van der Waals surface area contributed by atoms with E-state index in [1.165, 1.54) is 16.9 Å². The summed E-state index contributed by atoms with van der Waals surface area (Å²) in [4.78, 5) is 0. The number of nitrogens with one attached hydrogen (secondary N) is 1. The highest BCUT2D eigenvalue weighted by Crippen LogP contribution is 2.13. The van der Waals surface area contributed by atoms with E-state index < -0.39 is 0 Å². The van der Waals surface area contributed by atoms with Crippen molar-refractivity contribution in [2.75, 3.05) is 0 Å². The molecule has 1 saturated heterocycles. The summed E-state index contributed by atoms with van der Waals surface area (Å²) >= 11 is 6.05. The molecule has 1 heterocycles. The summed E-state index contributed by atoms with van der Waals surface area (Å²) in [6.07, 6.45) is 0. The number of nitrogens with two attached hydrogens (primary N) is 2. The summed E-state index contributed by atoms with van der Waals surface area (Å²) in [5, 5.41) is 1.27. The van der Waals surface area contributed by atoms with Crippen molar-refractivity contribution < 1.29 is 0 Å². The van der Waals surface area contributed by atoms with Crippen molar-refractivity contribution in [3.63, 3.8) is 0 Å². The molecule has 1 atom stereocenters. The second kappa shape index (κ2) is 2.16. The molecule has 0 bridgehead atoms. The van der Waals surface area contributed by atoms with E-state index in [2.05, 4.69) is 5.43 Å². The number of thioether (sulfide) groups is 1. The van der Waals surface area contributed by atoms with Crippen LogP contribution >= 0.6 is 24.0 Å². The zero-order chi connectivity index (χ0) is 6.15. The maximum absolute atomic E-state index is 5.38. The Kier molecular flexibility index (Phi) is 1.68. The first-order valence-electron chi connectivity index (χ1n) is 1.97. The Morgan fingerprint density at radius 1 is 1.88 bits per heavy atom. The van der Waals surface area contributed by atoms with E-state index >= 15 is 0 Å². The molecule has 1 unspecified atom stereocenters. The summed E-state index contributed by atoms with van der Waals surface area (Å²) < 4.78 is 0.625. The number of hydrogen-bond donors (Lipinski definition) is 3. The lowest BCUT2D eigenvalue weighted by atomic mass is 11.1. The second-order valence-corrected chi connectivity index (χ2v) is 3.11. The van der Waals surface area contributed by atoms with Crippen molar-refractivity contribution in [1.29, 1.82) is 0 Å². The van der Waals surface area contributed by atoms with Crippen LogP contribution in [0.4, 0.5) is 0 Å². The van der Waals surface area contributed by atoms with Crippen LogP contribution in [0.15, 0.2) is 0 Å². The first kappa shape index (κ1) is 6.24. The Hall–Kier alpha value is 0.120. The van der Waals surface area contributed by atoms with Crippen LogP contribution in [-0.2, 0) is 0 Å². The van der Waals surface area contributed by atoms with Gasteiger partial charge in [0.1, 0.15) is 5.50 Å². The highest BCUT2D eigenvalue weighted by molar-refractivity contribution is 8.23. The molecule has 0 aromatic heterocycles. The fourth-order valence-electron chi connectivity index (χ4n) is 0.362. The highest BCUT2D eigenvalue weighted by atomic mass is 32.2. The first-order chi connectivity index (χ1) is 3.70. The second-order valence-electron chi connectivity index (χ2n) is 1.31. The number of rotatable bonds is 0. The normalized spacial score (nSPS) is 30.8. The number of hydrogen-bond acceptors (Lipinski definition) is 5. The van der Waals surface area contributed by atoms with Gasteiger partial charge in [-0.2, -0.15) is 0 Å². The van der Waals surface area contributed by atoms with Gasteiger partial charge in [0.15, 0.2) is 4.32 Å². The molecule has 0 aliphatic carbocycles. The Morgan fingerprint density at radius 2 is 2.50 bits per heavy atom. The van der Waals surface area contributed by atoms with Crippen molar-refractivity contribution in [2.24, 2.45) is 11.6 Å². The average Bonchev–Trinajstić information content (AvgIpc) is 1.85. The minimum absolute atomic E-state index is 0.234. The third-order valence-corrected chi connectivity index (χ3v) is 1.88. The predicted octanol–water partition coefficient (Wildman–Crippen LogP) is -1.06. The van der Waals surface area contributed by atoms with Crippen molar-refractivity contribution in [3.8, 4) is 0 Å². The fraction of sp³-hybridized carbons (Fsp3) is 0.500. The SMILES string of the molecule is NC1SC(=S)NN1N. The third kappa shape index (κ3) is 1.09. The molecule has 0 aromatic rings. The van der Waals surface area contributed by atoms with Crippen molar-refractivity contribution in [2.45, 2.75) is 5.50 Å². The summed E-state index contributed by atoms with van der Waals surface area (Å²) in [7, 11) is 0.